The molecule has 1 fully saturated rings. The molecular weight excluding hydrogens is 382 g/mol. The third-order valence-corrected chi connectivity index (χ3v) is 4.84. The molecule has 1 aliphatic heterocycles. The largest absolute Gasteiger partial charge is 0.462 e. The normalized spacial score (nSPS) is 14.8. The lowest BCUT2D eigenvalue weighted by molar-refractivity contribution is 0.122. The predicted molar refractivity (Wildman–Crippen MR) is 116 cm³/mol. The number of nitrogens with zero attached hydrogens (tertiary/aromatic N) is 5. The fraction of sp³-hybridized carbons (Fsp3) is 0.333. The van der Waals surface area contributed by atoms with Crippen molar-refractivity contribution >= 4 is 22.4 Å². The highest BCUT2D eigenvalue weighted by Crippen LogP contribution is 2.20. The fourth-order valence-corrected chi connectivity index (χ4v) is 3.26. The van der Waals surface area contributed by atoms with E-state index in [4.69, 9.17) is 15.3 Å². The zero-order chi connectivity index (χ0) is 20.8. The second-order valence-electron chi connectivity index (χ2n) is 6.83. The summed E-state index contributed by atoms with van der Waals surface area (Å²) in [7, 11) is 1.86. The molecule has 0 spiro atoms. The van der Waals surface area contributed by atoms with E-state index in [1.165, 1.54) is 0 Å². The van der Waals surface area contributed by atoms with Crippen LogP contribution in [-0.2, 0) is 4.74 Å². The predicted octanol–water partition coefficient (Wildman–Crippen LogP) is 1.17. The summed E-state index contributed by atoms with van der Waals surface area (Å²) >= 11 is 0. The van der Waals surface area contributed by atoms with E-state index in [-0.39, 0.29) is 6.01 Å². The number of likely N-dealkylation sites (N-methyl/N-ethyl adjacent to an activating group) is 1. The van der Waals surface area contributed by atoms with Gasteiger partial charge in [0, 0.05) is 25.2 Å². The number of aromatic nitrogens is 3. The molecule has 0 amide bonds. The van der Waals surface area contributed by atoms with Gasteiger partial charge in [0.1, 0.15) is 12.3 Å². The highest BCUT2D eigenvalue weighted by atomic mass is 16.5. The average Bonchev–Trinajstić information content (AvgIpc) is 2.80. The molecule has 0 unspecified atom stereocenters. The van der Waals surface area contributed by atoms with E-state index in [9.17, 15) is 0 Å². The van der Waals surface area contributed by atoms with Gasteiger partial charge in [-0.2, -0.15) is 20.1 Å². The van der Waals surface area contributed by atoms with Crippen LogP contribution in [0.4, 0.5) is 5.95 Å². The van der Waals surface area contributed by atoms with E-state index >= 15 is 0 Å². The maximum Gasteiger partial charge on any atom is 0.321 e. The van der Waals surface area contributed by atoms with Crippen LogP contribution in [0.25, 0.3) is 10.8 Å². The number of rotatable bonds is 7. The number of hydrazone groups is 1. The number of morpholine rings is 1. The van der Waals surface area contributed by atoms with Crippen molar-refractivity contribution in [3.8, 4) is 6.01 Å². The summed E-state index contributed by atoms with van der Waals surface area (Å²) < 4.78 is 11.2. The van der Waals surface area contributed by atoms with Crippen LogP contribution in [0, 0.1) is 0 Å². The first-order valence-corrected chi connectivity index (χ1v) is 9.92. The highest BCUT2D eigenvalue weighted by molar-refractivity contribution is 6.12. The molecule has 2 aromatic carbocycles. The van der Waals surface area contributed by atoms with Gasteiger partial charge < -0.3 is 25.5 Å². The van der Waals surface area contributed by atoms with Gasteiger partial charge in [-0.05, 0) is 23.9 Å². The summed E-state index contributed by atoms with van der Waals surface area (Å²) in [6.07, 6.45) is 0. The van der Waals surface area contributed by atoms with E-state index in [1.807, 2.05) is 48.3 Å². The van der Waals surface area contributed by atoms with Gasteiger partial charge in [0.2, 0.25) is 5.95 Å². The molecule has 0 aliphatic carbocycles. The molecule has 156 valence electrons. The van der Waals surface area contributed by atoms with Gasteiger partial charge in [0.25, 0.3) is 0 Å². The van der Waals surface area contributed by atoms with E-state index < -0.39 is 0 Å². The summed E-state index contributed by atoms with van der Waals surface area (Å²) in [5.41, 5.74) is 1.31. The van der Waals surface area contributed by atoms with Gasteiger partial charge in [-0.25, -0.2) is 0 Å². The van der Waals surface area contributed by atoms with Crippen molar-refractivity contribution in [2.75, 3.05) is 51.4 Å². The van der Waals surface area contributed by atoms with Gasteiger partial charge in [-0.3, -0.25) is 0 Å². The summed E-state index contributed by atoms with van der Waals surface area (Å²) in [4.78, 5) is 15.7. The van der Waals surface area contributed by atoms with Gasteiger partial charge in [0.05, 0.1) is 13.2 Å². The SMILES string of the molecule is CNCCOc1nc(C(=NN)c2ccc3ccccc3c2)nc(N2CCOCC2)n1. The van der Waals surface area contributed by atoms with Crippen molar-refractivity contribution in [1.82, 2.24) is 20.3 Å². The van der Waals surface area contributed by atoms with Crippen molar-refractivity contribution in [2.24, 2.45) is 10.9 Å². The molecule has 1 saturated heterocycles. The summed E-state index contributed by atoms with van der Waals surface area (Å²) in [5, 5.41) is 9.28. The number of anilines is 1. The molecule has 9 heteroatoms. The van der Waals surface area contributed by atoms with Crippen LogP contribution in [0.5, 0.6) is 6.01 Å². The Balaban J connectivity index is 1.72. The second kappa shape index (κ2) is 9.47. The van der Waals surface area contributed by atoms with Gasteiger partial charge in [-0.1, -0.05) is 36.4 Å². The topological polar surface area (TPSA) is 111 Å². The van der Waals surface area contributed by atoms with E-state index in [1.54, 1.807) is 0 Å². The molecule has 4 rings (SSSR count). The van der Waals surface area contributed by atoms with E-state index in [2.05, 4.69) is 31.4 Å². The molecule has 0 saturated carbocycles. The van der Waals surface area contributed by atoms with Gasteiger partial charge >= 0.3 is 6.01 Å². The third-order valence-electron chi connectivity index (χ3n) is 4.84. The molecule has 1 aliphatic rings. The molecule has 0 atom stereocenters. The minimum Gasteiger partial charge on any atom is -0.462 e. The quantitative estimate of drug-likeness (QED) is 0.260. The minimum absolute atomic E-state index is 0.249. The first kappa shape index (κ1) is 20.0. The molecule has 2 heterocycles. The molecule has 1 aromatic heterocycles. The smallest absolute Gasteiger partial charge is 0.321 e. The molecule has 30 heavy (non-hydrogen) atoms. The number of fused-ring (bicyclic) bond motifs is 1. The van der Waals surface area contributed by atoms with Crippen LogP contribution in [0.3, 0.4) is 0 Å². The standard InChI is InChI=1S/C21H25N7O2/c1-23-8-11-30-21-25-19(24-20(26-21)28-9-12-29-13-10-28)18(27-22)17-7-6-15-4-2-3-5-16(15)14-17/h2-7,14,23H,8-13,22H2,1H3. The fourth-order valence-electron chi connectivity index (χ4n) is 3.26. The molecule has 3 N–H and O–H groups in total. The monoisotopic (exact) mass is 407 g/mol. The number of nitrogens with one attached hydrogen (secondary N) is 1. The average molecular weight is 407 g/mol. The van der Waals surface area contributed by atoms with Crippen LogP contribution < -0.4 is 20.8 Å². The maximum atomic E-state index is 5.78. The Bertz CT molecular complexity index is 1030. The second-order valence-corrected chi connectivity index (χ2v) is 6.83. The Kier molecular flexibility index (Phi) is 6.31. The number of nitrogens with two attached hydrogens (primary N) is 1. The zero-order valence-corrected chi connectivity index (χ0v) is 16.9. The summed E-state index contributed by atoms with van der Waals surface area (Å²) in [5.74, 6) is 6.69. The Morgan fingerprint density at radius 2 is 1.93 bits per heavy atom. The molecular formula is C21H25N7O2. The van der Waals surface area contributed by atoms with Crippen molar-refractivity contribution in [1.29, 1.82) is 0 Å². The number of hydrogen-bond acceptors (Lipinski definition) is 9. The lowest BCUT2D eigenvalue weighted by Gasteiger charge is -2.27. The van der Waals surface area contributed by atoms with Gasteiger partial charge in [0.15, 0.2) is 5.82 Å². The van der Waals surface area contributed by atoms with Crippen LogP contribution in [0.2, 0.25) is 0 Å². The van der Waals surface area contributed by atoms with Crippen LogP contribution in [0.1, 0.15) is 11.4 Å². The Morgan fingerprint density at radius 3 is 2.70 bits per heavy atom. The van der Waals surface area contributed by atoms with Crippen LogP contribution >= 0.6 is 0 Å². The summed E-state index contributed by atoms with van der Waals surface area (Å²) in [6, 6.07) is 14.4. The van der Waals surface area contributed by atoms with Crippen LogP contribution in [0.15, 0.2) is 47.6 Å². The maximum absolute atomic E-state index is 5.78. The Hall–Kier alpha value is -3.30. The number of hydrogen-bond donors (Lipinski definition) is 2. The van der Waals surface area contributed by atoms with Gasteiger partial charge in [-0.15, -0.1) is 0 Å². The van der Waals surface area contributed by atoms with Crippen molar-refractivity contribution in [2.45, 2.75) is 0 Å². The highest BCUT2D eigenvalue weighted by Gasteiger charge is 2.20. The van der Waals surface area contributed by atoms with E-state index in [0.717, 1.165) is 16.3 Å². The van der Waals surface area contributed by atoms with Crippen molar-refractivity contribution in [3.05, 3.63) is 53.9 Å². The number of benzene rings is 2. The lowest BCUT2D eigenvalue weighted by Crippen LogP contribution is -2.38. The van der Waals surface area contributed by atoms with Crippen LogP contribution in [-0.4, -0.2) is 67.2 Å². The van der Waals surface area contributed by atoms with E-state index in [0.29, 0.717) is 56.9 Å². The molecule has 9 nitrogen and oxygen atoms in total. The summed E-state index contributed by atoms with van der Waals surface area (Å²) in [6.45, 7) is 3.76. The minimum atomic E-state index is 0.249. The third kappa shape index (κ3) is 4.47. The molecule has 0 radical (unpaired) electrons. The van der Waals surface area contributed by atoms with Crippen molar-refractivity contribution in [3.63, 3.8) is 0 Å². The Morgan fingerprint density at radius 1 is 1.13 bits per heavy atom. The number of ether oxygens (including phenoxy) is 2. The van der Waals surface area contributed by atoms with Crippen molar-refractivity contribution < 1.29 is 9.47 Å². The first-order chi connectivity index (χ1) is 14.8. The zero-order valence-electron chi connectivity index (χ0n) is 16.9. The molecule has 3 aromatic rings. The molecule has 0 bridgehead atoms. The Labute approximate surface area is 174 Å². The first-order valence-electron chi connectivity index (χ1n) is 9.92. The lowest BCUT2D eigenvalue weighted by atomic mass is 10.0.